The minimum Gasteiger partial charge on any atom is -0.419 e. The molecule has 1 aromatic rings. The SMILES string of the molecule is CC(C)N(C=C1C(=O)OC(C)(C)OC1=O)c1cncs1. The molecule has 1 aliphatic rings. The van der Waals surface area contributed by atoms with E-state index in [0.717, 1.165) is 5.00 Å². The Hall–Kier alpha value is -1.89. The quantitative estimate of drug-likeness (QED) is 0.483. The second-order valence-corrected chi connectivity index (χ2v) is 5.93. The highest BCUT2D eigenvalue weighted by atomic mass is 32.1. The van der Waals surface area contributed by atoms with Gasteiger partial charge in [-0.1, -0.05) is 0 Å². The van der Waals surface area contributed by atoms with E-state index in [-0.39, 0.29) is 11.6 Å². The minimum absolute atomic E-state index is 0.0542. The lowest BCUT2D eigenvalue weighted by molar-refractivity contribution is -0.222. The van der Waals surface area contributed by atoms with Crippen molar-refractivity contribution in [3.63, 3.8) is 0 Å². The summed E-state index contributed by atoms with van der Waals surface area (Å²) >= 11 is 1.42. The molecule has 20 heavy (non-hydrogen) atoms. The first-order valence-electron chi connectivity index (χ1n) is 6.15. The average molecular weight is 296 g/mol. The number of aromatic nitrogens is 1. The maximum atomic E-state index is 11.9. The van der Waals surface area contributed by atoms with Gasteiger partial charge in [0.2, 0.25) is 0 Å². The van der Waals surface area contributed by atoms with Gasteiger partial charge in [-0.15, -0.1) is 11.3 Å². The molecule has 0 aromatic carbocycles. The topological polar surface area (TPSA) is 68.7 Å². The van der Waals surface area contributed by atoms with Crippen LogP contribution in [0.2, 0.25) is 0 Å². The number of carbonyl (C=O) groups is 2. The van der Waals surface area contributed by atoms with Crippen molar-refractivity contribution in [2.45, 2.75) is 39.5 Å². The average Bonchev–Trinajstić information content (AvgIpc) is 2.79. The summed E-state index contributed by atoms with van der Waals surface area (Å²) in [5.74, 6) is -2.58. The number of hydrogen-bond acceptors (Lipinski definition) is 7. The van der Waals surface area contributed by atoms with Crippen LogP contribution in [0.4, 0.5) is 5.00 Å². The first kappa shape index (κ1) is 14.5. The molecule has 1 fully saturated rings. The molecule has 2 heterocycles. The molecule has 0 spiro atoms. The molecule has 0 unspecified atom stereocenters. The number of esters is 2. The predicted molar refractivity (Wildman–Crippen MR) is 74.1 cm³/mol. The van der Waals surface area contributed by atoms with Gasteiger partial charge in [0.15, 0.2) is 5.57 Å². The Bertz CT molecular complexity index is 527. The van der Waals surface area contributed by atoms with E-state index in [1.807, 2.05) is 13.8 Å². The smallest absolute Gasteiger partial charge is 0.350 e. The molecule has 1 saturated heterocycles. The van der Waals surface area contributed by atoms with E-state index in [9.17, 15) is 9.59 Å². The van der Waals surface area contributed by atoms with Crippen LogP contribution >= 0.6 is 11.3 Å². The molecule has 0 N–H and O–H groups in total. The van der Waals surface area contributed by atoms with Crippen molar-refractivity contribution in [2.24, 2.45) is 0 Å². The molecule has 1 aliphatic heterocycles. The summed E-state index contributed by atoms with van der Waals surface area (Å²) in [6, 6.07) is 0.0542. The van der Waals surface area contributed by atoms with E-state index in [1.54, 1.807) is 16.6 Å². The van der Waals surface area contributed by atoms with E-state index in [1.165, 1.54) is 31.4 Å². The summed E-state index contributed by atoms with van der Waals surface area (Å²) in [7, 11) is 0. The van der Waals surface area contributed by atoms with Crippen LogP contribution in [0.1, 0.15) is 27.7 Å². The lowest BCUT2D eigenvalue weighted by Gasteiger charge is -2.31. The van der Waals surface area contributed by atoms with E-state index in [4.69, 9.17) is 9.47 Å². The minimum atomic E-state index is -1.22. The fourth-order valence-electron chi connectivity index (χ4n) is 1.71. The molecule has 0 atom stereocenters. The molecule has 0 saturated carbocycles. The van der Waals surface area contributed by atoms with Crippen LogP contribution in [-0.4, -0.2) is 28.8 Å². The van der Waals surface area contributed by atoms with Gasteiger partial charge in [0.1, 0.15) is 5.00 Å². The van der Waals surface area contributed by atoms with Gasteiger partial charge in [0, 0.05) is 26.1 Å². The maximum Gasteiger partial charge on any atom is 0.350 e. The summed E-state index contributed by atoms with van der Waals surface area (Å²) in [6.45, 7) is 6.92. The van der Waals surface area contributed by atoms with Crippen molar-refractivity contribution >= 4 is 28.3 Å². The summed E-state index contributed by atoms with van der Waals surface area (Å²) in [5.41, 5.74) is 1.57. The third-order valence-corrected chi connectivity index (χ3v) is 3.40. The fraction of sp³-hybridized carbons (Fsp3) is 0.462. The van der Waals surface area contributed by atoms with Gasteiger partial charge >= 0.3 is 11.9 Å². The highest BCUT2D eigenvalue weighted by molar-refractivity contribution is 7.13. The first-order chi connectivity index (χ1) is 9.30. The van der Waals surface area contributed by atoms with Gasteiger partial charge in [-0.2, -0.15) is 0 Å². The molecular formula is C13H16N2O4S. The van der Waals surface area contributed by atoms with Gasteiger partial charge in [0.05, 0.1) is 11.7 Å². The maximum absolute atomic E-state index is 11.9. The monoisotopic (exact) mass is 296 g/mol. The zero-order valence-electron chi connectivity index (χ0n) is 11.7. The van der Waals surface area contributed by atoms with E-state index < -0.39 is 17.7 Å². The van der Waals surface area contributed by atoms with Crippen molar-refractivity contribution in [3.05, 3.63) is 23.5 Å². The van der Waals surface area contributed by atoms with Crippen molar-refractivity contribution in [2.75, 3.05) is 4.90 Å². The number of thiazole rings is 1. The number of rotatable bonds is 3. The molecule has 7 heteroatoms. The number of nitrogens with zero attached hydrogens (tertiary/aromatic N) is 2. The van der Waals surface area contributed by atoms with Gasteiger partial charge in [0.25, 0.3) is 5.79 Å². The second kappa shape index (κ2) is 5.24. The Balaban J connectivity index is 2.33. The fourth-order valence-corrected chi connectivity index (χ4v) is 2.45. The van der Waals surface area contributed by atoms with Crippen molar-refractivity contribution in [3.8, 4) is 0 Å². The van der Waals surface area contributed by atoms with Crippen LogP contribution in [0.15, 0.2) is 23.5 Å². The Morgan fingerprint density at radius 3 is 2.35 bits per heavy atom. The summed E-state index contributed by atoms with van der Waals surface area (Å²) in [6.07, 6.45) is 3.13. The zero-order valence-corrected chi connectivity index (χ0v) is 12.6. The molecule has 6 nitrogen and oxygen atoms in total. The van der Waals surface area contributed by atoms with Crippen molar-refractivity contribution in [1.29, 1.82) is 0 Å². The summed E-state index contributed by atoms with van der Waals surface area (Å²) in [4.78, 5) is 29.6. The van der Waals surface area contributed by atoms with Crippen LogP contribution in [0.25, 0.3) is 0 Å². The van der Waals surface area contributed by atoms with E-state index in [0.29, 0.717) is 0 Å². The Kier molecular flexibility index (Phi) is 3.80. The number of carbonyl (C=O) groups excluding carboxylic acids is 2. The molecule has 108 valence electrons. The summed E-state index contributed by atoms with van der Waals surface area (Å²) in [5, 5.41) is 0.831. The molecular weight excluding hydrogens is 280 g/mol. The highest BCUT2D eigenvalue weighted by Crippen LogP contribution is 2.27. The second-order valence-electron chi connectivity index (χ2n) is 5.06. The molecule has 0 amide bonds. The normalized spacial score (nSPS) is 17.8. The lowest BCUT2D eigenvalue weighted by Crippen LogP contribution is -2.42. The zero-order chi connectivity index (χ0) is 14.9. The van der Waals surface area contributed by atoms with Gasteiger partial charge < -0.3 is 14.4 Å². The molecule has 0 radical (unpaired) electrons. The highest BCUT2D eigenvalue weighted by Gasteiger charge is 2.39. The molecule has 1 aromatic heterocycles. The van der Waals surface area contributed by atoms with E-state index >= 15 is 0 Å². The van der Waals surface area contributed by atoms with Crippen LogP contribution in [0.5, 0.6) is 0 Å². The van der Waals surface area contributed by atoms with Gasteiger partial charge in [-0.3, -0.25) is 4.98 Å². The Labute approximate surface area is 121 Å². The third kappa shape index (κ3) is 2.98. The third-order valence-electron chi connectivity index (χ3n) is 2.62. The van der Waals surface area contributed by atoms with Crippen LogP contribution in [-0.2, 0) is 19.1 Å². The molecule has 2 rings (SSSR count). The lowest BCUT2D eigenvalue weighted by atomic mass is 10.2. The number of cyclic esters (lactones) is 2. The van der Waals surface area contributed by atoms with Crippen LogP contribution < -0.4 is 4.90 Å². The van der Waals surface area contributed by atoms with Gasteiger partial charge in [-0.05, 0) is 13.8 Å². The Morgan fingerprint density at radius 2 is 1.90 bits per heavy atom. The number of anilines is 1. The van der Waals surface area contributed by atoms with Crippen molar-refractivity contribution < 1.29 is 19.1 Å². The van der Waals surface area contributed by atoms with E-state index in [2.05, 4.69) is 4.98 Å². The number of hydrogen-bond donors (Lipinski definition) is 0. The Morgan fingerprint density at radius 1 is 1.30 bits per heavy atom. The number of ether oxygens (including phenoxy) is 2. The van der Waals surface area contributed by atoms with Crippen LogP contribution in [0, 0.1) is 0 Å². The standard InChI is InChI=1S/C13H16N2O4S/c1-8(2)15(10-5-14-7-20-10)6-9-11(16)18-13(3,4)19-12(9)17/h5-8H,1-4H3. The largest absolute Gasteiger partial charge is 0.419 e. The van der Waals surface area contributed by atoms with Crippen molar-refractivity contribution in [1.82, 2.24) is 4.98 Å². The first-order valence-corrected chi connectivity index (χ1v) is 7.03. The summed E-state index contributed by atoms with van der Waals surface area (Å²) < 4.78 is 10.1. The van der Waals surface area contributed by atoms with Crippen LogP contribution in [0.3, 0.4) is 0 Å². The van der Waals surface area contributed by atoms with Gasteiger partial charge in [-0.25, -0.2) is 9.59 Å². The molecule has 0 bridgehead atoms. The molecule has 0 aliphatic carbocycles. The predicted octanol–water partition coefficient (Wildman–Crippen LogP) is 2.08.